The lowest BCUT2D eigenvalue weighted by molar-refractivity contribution is 0.126. The standard InChI is InChI=1S/C13H16N2O2/c16-12(17)15-7-11-13(9-15,8-14-11)6-10-4-2-1-3-5-10/h1-5,11,14H,6-9H2,(H,16,17)/t11-,13+/m0/s1. The van der Waals surface area contributed by atoms with E-state index in [1.807, 2.05) is 18.2 Å². The lowest BCUT2D eigenvalue weighted by Gasteiger charge is -2.45. The third-order valence-electron chi connectivity index (χ3n) is 4.02. The molecular weight excluding hydrogens is 216 g/mol. The van der Waals surface area contributed by atoms with Crippen molar-refractivity contribution >= 4 is 6.09 Å². The van der Waals surface area contributed by atoms with Gasteiger partial charge in [-0.25, -0.2) is 4.79 Å². The van der Waals surface area contributed by atoms with Crippen LogP contribution in [0, 0.1) is 5.41 Å². The van der Waals surface area contributed by atoms with Gasteiger partial charge in [-0.1, -0.05) is 30.3 Å². The zero-order chi connectivity index (χ0) is 11.9. The van der Waals surface area contributed by atoms with Gasteiger partial charge in [0, 0.05) is 31.1 Å². The summed E-state index contributed by atoms with van der Waals surface area (Å²) in [4.78, 5) is 12.5. The molecule has 4 nitrogen and oxygen atoms in total. The fourth-order valence-electron chi connectivity index (χ4n) is 3.01. The molecule has 90 valence electrons. The molecule has 4 heteroatoms. The van der Waals surface area contributed by atoms with Crippen molar-refractivity contribution in [3.05, 3.63) is 35.9 Å². The molecule has 0 unspecified atom stereocenters. The van der Waals surface area contributed by atoms with E-state index in [1.54, 1.807) is 0 Å². The van der Waals surface area contributed by atoms with E-state index >= 15 is 0 Å². The SMILES string of the molecule is O=C(O)N1C[C@@H]2NC[C@]2(Cc2ccccc2)C1. The number of nitrogens with zero attached hydrogens (tertiary/aromatic N) is 1. The molecule has 0 aliphatic carbocycles. The molecule has 0 radical (unpaired) electrons. The van der Waals surface area contributed by atoms with Crippen LogP contribution in [-0.2, 0) is 6.42 Å². The monoisotopic (exact) mass is 232 g/mol. The van der Waals surface area contributed by atoms with Gasteiger partial charge in [0.05, 0.1) is 0 Å². The van der Waals surface area contributed by atoms with E-state index in [9.17, 15) is 4.79 Å². The molecule has 17 heavy (non-hydrogen) atoms. The first-order valence-electron chi connectivity index (χ1n) is 5.95. The summed E-state index contributed by atoms with van der Waals surface area (Å²) in [6.45, 7) is 2.22. The highest BCUT2D eigenvalue weighted by Gasteiger charge is 2.53. The Kier molecular flexibility index (Phi) is 2.33. The van der Waals surface area contributed by atoms with E-state index in [4.69, 9.17) is 5.11 Å². The van der Waals surface area contributed by atoms with Crippen molar-refractivity contribution in [1.29, 1.82) is 0 Å². The number of hydrogen-bond acceptors (Lipinski definition) is 2. The summed E-state index contributed by atoms with van der Waals surface area (Å²) in [5.74, 6) is 0. The second kappa shape index (κ2) is 3.74. The highest BCUT2D eigenvalue weighted by molar-refractivity contribution is 5.66. The van der Waals surface area contributed by atoms with Gasteiger partial charge < -0.3 is 15.3 Å². The van der Waals surface area contributed by atoms with Crippen molar-refractivity contribution in [3.63, 3.8) is 0 Å². The van der Waals surface area contributed by atoms with Gasteiger partial charge in [-0.05, 0) is 12.0 Å². The lowest BCUT2D eigenvalue weighted by atomic mass is 9.72. The molecule has 0 bridgehead atoms. The maximum Gasteiger partial charge on any atom is 0.407 e. The van der Waals surface area contributed by atoms with E-state index < -0.39 is 6.09 Å². The molecule has 2 aliphatic heterocycles. The van der Waals surface area contributed by atoms with Crippen LogP contribution in [0.15, 0.2) is 30.3 Å². The number of carbonyl (C=O) groups is 1. The molecule has 2 aliphatic rings. The molecule has 2 atom stereocenters. The number of hydrogen-bond donors (Lipinski definition) is 2. The van der Waals surface area contributed by atoms with Crippen LogP contribution >= 0.6 is 0 Å². The molecule has 2 heterocycles. The zero-order valence-corrected chi connectivity index (χ0v) is 9.60. The first kappa shape index (κ1) is 10.6. The van der Waals surface area contributed by atoms with Gasteiger partial charge in [-0.15, -0.1) is 0 Å². The minimum Gasteiger partial charge on any atom is -0.465 e. The van der Waals surface area contributed by atoms with E-state index in [0.29, 0.717) is 19.1 Å². The Morgan fingerprint density at radius 3 is 2.82 bits per heavy atom. The van der Waals surface area contributed by atoms with Crippen LogP contribution in [0.4, 0.5) is 4.79 Å². The van der Waals surface area contributed by atoms with Gasteiger partial charge in [0.1, 0.15) is 0 Å². The van der Waals surface area contributed by atoms with Gasteiger partial charge in [0.25, 0.3) is 0 Å². The largest absolute Gasteiger partial charge is 0.465 e. The smallest absolute Gasteiger partial charge is 0.407 e. The van der Waals surface area contributed by atoms with Crippen molar-refractivity contribution in [2.75, 3.05) is 19.6 Å². The Hall–Kier alpha value is -1.55. The number of likely N-dealkylation sites (tertiary alicyclic amines) is 1. The summed E-state index contributed by atoms with van der Waals surface area (Å²) >= 11 is 0. The normalized spacial score (nSPS) is 30.8. The lowest BCUT2D eigenvalue weighted by Crippen LogP contribution is -2.62. The Bertz CT molecular complexity index is 434. The zero-order valence-electron chi connectivity index (χ0n) is 9.60. The summed E-state index contributed by atoms with van der Waals surface area (Å²) in [6, 6.07) is 10.7. The second-order valence-corrected chi connectivity index (χ2v) is 5.12. The maximum absolute atomic E-state index is 11.0. The van der Waals surface area contributed by atoms with Crippen LogP contribution in [0.2, 0.25) is 0 Å². The second-order valence-electron chi connectivity index (χ2n) is 5.12. The fraction of sp³-hybridized carbons (Fsp3) is 0.462. The summed E-state index contributed by atoms with van der Waals surface area (Å²) < 4.78 is 0. The fourth-order valence-corrected chi connectivity index (χ4v) is 3.01. The predicted octanol–water partition coefficient (Wildman–Crippen LogP) is 1.18. The molecule has 2 N–H and O–H groups in total. The molecule has 3 rings (SSSR count). The number of rotatable bonds is 2. The number of fused-ring (bicyclic) bond motifs is 1. The van der Waals surface area contributed by atoms with Gasteiger partial charge >= 0.3 is 6.09 Å². The first-order chi connectivity index (χ1) is 8.20. The highest BCUT2D eigenvalue weighted by Crippen LogP contribution is 2.39. The average molecular weight is 232 g/mol. The highest BCUT2D eigenvalue weighted by atomic mass is 16.4. The summed E-state index contributed by atoms with van der Waals surface area (Å²) in [7, 11) is 0. The Balaban J connectivity index is 1.77. The van der Waals surface area contributed by atoms with Gasteiger partial charge in [0.2, 0.25) is 0 Å². The van der Waals surface area contributed by atoms with Crippen LogP contribution in [0.25, 0.3) is 0 Å². The van der Waals surface area contributed by atoms with Crippen LogP contribution < -0.4 is 5.32 Å². The van der Waals surface area contributed by atoms with E-state index in [-0.39, 0.29) is 5.41 Å². The Morgan fingerprint density at radius 2 is 2.24 bits per heavy atom. The van der Waals surface area contributed by atoms with Crippen molar-refractivity contribution in [1.82, 2.24) is 10.2 Å². The number of benzene rings is 1. The van der Waals surface area contributed by atoms with Gasteiger partial charge in [-0.3, -0.25) is 0 Å². The molecule has 1 amide bonds. The summed E-state index contributed by atoms with van der Waals surface area (Å²) in [6.07, 6.45) is 0.170. The quantitative estimate of drug-likeness (QED) is 0.805. The molecule has 0 spiro atoms. The van der Waals surface area contributed by atoms with Crippen molar-refractivity contribution < 1.29 is 9.90 Å². The van der Waals surface area contributed by atoms with Gasteiger partial charge in [0.15, 0.2) is 0 Å². The molecule has 1 aromatic carbocycles. The number of carboxylic acid groups (broad SMARTS) is 1. The van der Waals surface area contributed by atoms with Gasteiger partial charge in [-0.2, -0.15) is 0 Å². The van der Waals surface area contributed by atoms with Crippen molar-refractivity contribution in [2.45, 2.75) is 12.5 Å². The summed E-state index contributed by atoms with van der Waals surface area (Å²) in [5, 5.41) is 12.4. The third kappa shape index (κ3) is 1.69. The third-order valence-corrected chi connectivity index (χ3v) is 4.02. The van der Waals surface area contributed by atoms with Crippen molar-refractivity contribution in [2.24, 2.45) is 5.41 Å². The number of nitrogens with one attached hydrogen (secondary N) is 1. The molecule has 0 saturated carbocycles. The molecule has 2 fully saturated rings. The molecule has 2 saturated heterocycles. The topological polar surface area (TPSA) is 52.6 Å². The molecular formula is C13H16N2O2. The minimum absolute atomic E-state index is 0.125. The van der Waals surface area contributed by atoms with Crippen LogP contribution in [0.1, 0.15) is 5.56 Å². The molecule has 1 aromatic rings. The maximum atomic E-state index is 11.0. The van der Waals surface area contributed by atoms with Crippen molar-refractivity contribution in [3.8, 4) is 0 Å². The van der Waals surface area contributed by atoms with E-state index in [0.717, 1.165) is 13.0 Å². The first-order valence-corrected chi connectivity index (χ1v) is 5.95. The summed E-state index contributed by atoms with van der Waals surface area (Å²) in [5.41, 5.74) is 1.42. The Labute approximate surface area is 100 Å². The number of amides is 1. The predicted molar refractivity (Wildman–Crippen MR) is 64.0 cm³/mol. The van der Waals surface area contributed by atoms with Crippen LogP contribution in [0.3, 0.4) is 0 Å². The van der Waals surface area contributed by atoms with Crippen LogP contribution in [0.5, 0.6) is 0 Å². The minimum atomic E-state index is -0.798. The average Bonchev–Trinajstić information content (AvgIpc) is 2.55. The molecule has 0 aromatic heterocycles. The Morgan fingerprint density at radius 1 is 1.47 bits per heavy atom. The van der Waals surface area contributed by atoms with E-state index in [1.165, 1.54) is 10.5 Å². The van der Waals surface area contributed by atoms with E-state index in [2.05, 4.69) is 17.4 Å². The van der Waals surface area contributed by atoms with Crippen LogP contribution in [-0.4, -0.2) is 41.8 Å².